The Morgan fingerprint density at radius 3 is 2.55 bits per heavy atom. The van der Waals surface area contributed by atoms with Crippen LogP contribution in [0.5, 0.6) is 0 Å². The second-order valence-electron chi connectivity index (χ2n) is 12.3. The molecule has 3 aromatic heterocycles. The highest BCUT2D eigenvalue weighted by Gasteiger charge is 2.36. The van der Waals surface area contributed by atoms with Crippen molar-refractivity contribution in [2.45, 2.75) is 63.5 Å². The highest BCUT2D eigenvalue weighted by Crippen LogP contribution is 2.39. The van der Waals surface area contributed by atoms with E-state index >= 15 is 8.78 Å². The normalized spacial score (nSPS) is 21.0. The summed E-state index contributed by atoms with van der Waals surface area (Å²) in [5, 5.41) is 14.0. The molecule has 1 aliphatic rings. The van der Waals surface area contributed by atoms with Gasteiger partial charge in [0.2, 0.25) is 0 Å². The van der Waals surface area contributed by atoms with Gasteiger partial charge in [0.05, 0.1) is 52.9 Å². The van der Waals surface area contributed by atoms with Crippen LogP contribution in [0.3, 0.4) is 0 Å². The summed E-state index contributed by atoms with van der Waals surface area (Å²) in [5.74, 6) is -0.828. The van der Waals surface area contributed by atoms with Gasteiger partial charge >= 0.3 is 0 Å². The van der Waals surface area contributed by atoms with E-state index in [-0.39, 0.29) is 53.2 Å². The zero-order chi connectivity index (χ0) is 31.8. The first-order valence-corrected chi connectivity index (χ1v) is 16.6. The Hall–Kier alpha value is -3.79. The van der Waals surface area contributed by atoms with E-state index < -0.39 is 26.9 Å². The monoisotopic (exact) mass is 622 g/mol. The topological polar surface area (TPSA) is 136 Å². The number of rotatable bonds is 9. The van der Waals surface area contributed by atoms with Crippen LogP contribution in [0.15, 0.2) is 48.9 Å². The van der Waals surface area contributed by atoms with Gasteiger partial charge in [0.25, 0.3) is 0 Å². The van der Waals surface area contributed by atoms with Crippen LogP contribution < -0.4 is 5.73 Å². The minimum absolute atomic E-state index is 0.0428. The standard InChI is InChI=1S/C32H36F2N6O3S/c1-19-11-20(12-27(36)31(19)43-9-10-44(4,41)42)24-7-8-37-16-21(24)13-29-38-17-23-5-6-28(39-40(23)29)30-25(33)14-22(15-26(30)34)32(2,3)18-35/h5-8,14-17,19-20,27,31H,9-13,36H2,1-4H3/t19-,20+,27+,31-/m0/s1. The number of benzene rings is 1. The number of sulfone groups is 1. The average Bonchev–Trinajstić information content (AvgIpc) is 3.35. The quantitative estimate of drug-likeness (QED) is 0.283. The van der Waals surface area contributed by atoms with Gasteiger partial charge < -0.3 is 10.5 Å². The lowest BCUT2D eigenvalue weighted by molar-refractivity contribution is -0.0154. The fraction of sp³-hybridized carbons (Fsp3) is 0.438. The van der Waals surface area contributed by atoms with Crippen molar-refractivity contribution in [3.05, 3.63) is 83.1 Å². The number of pyridine rings is 1. The van der Waals surface area contributed by atoms with E-state index in [0.717, 1.165) is 17.5 Å². The zero-order valence-corrected chi connectivity index (χ0v) is 26.0. The van der Waals surface area contributed by atoms with Crippen LogP contribution in [-0.4, -0.2) is 58.8 Å². The minimum Gasteiger partial charge on any atom is -0.375 e. The maximum Gasteiger partial charge on any atom is 0.149 e. The summed E-state index contributed by atoms with van der Waals surface area (Å²) in [5.41, 5.74) is 8.26. The maximum atomic E-state index is 15.2. The first kappa shape index (κ1) is 31.6. The van der Waals surface area contributed by atoms with Crippen molar-refractivity contribution in [2.75, 3.05) is 18.6 Å². The second kappa shape index (κ2) is 12.3. The molecular formula is C32H36F2N6O3S. The summed E-state index contributed by atoms with van der Waals surface area (Å²) in [6.45, 7) is 5.39. The van der Waals surface area contributed by atoms with Crippen molar-refractivity contribution < 1.29 is 21.9 Å². The molecule has 12 heteroatoms. The molecule has 2 N–H and O–H groups in total. The largest absolute Gasteiger partial charge is 0.375 e. The number of ether oxygens (including phenoxy) is 1. The first-order valence-electron chi connectivity index (χ1n) is 14.5. The third-order valence-electron chi connectivity index (χ3n) is 8.44. The number of nitriles is 1. The lowest BCUT2D eigenvalue weighted by Crippen LogP contribution is -2.47. The highest BCUT2D eigenvalue weighted by molar-refractivity contribution is 7.90. The summed E-state index contributed by atoms with van der Waals surface area (Å²) in [6.07, 6.45) is 7.98. The van der Waals surface area contributed by atoms with E-state index in [1.165, 1.54) is 18.4 Å². The van der Waals surface area contributed by atoms with Gasteiger partial charge in [-0.25, -0.2) is 26.7 Å². The number of nitrogens with two attached hydrogens (primary N) is 1. The molecule has 0 radical (unpaired) electrons. The number of hydrogen-bond acceptors (Lipinski definition) is 8. The van der Waals surface area contributed by atoms with Crippen molar-refractivity contribution in [3.63, 3.8) is 0 Å². The Labute approximate surface area is 256 Å². The van der Waals surface area contributed by atoms with Gasteiger partial charge in [-0.05, 0) is 85.5 Å². The van der Waals surface area contributed by atoms with Gasteiger partial charge in [-0.3, -0.25) is 4.98 Å². The van der Waals surface area contributed by atoms with Crippen LogP contribution in [0.4, 0.5) is 8.78 Å². The number of nitrogens with zero attached hydrogens (tertiary/aromatic N) is 5. The summed E-state index contributed by atoms with van der Waals surface area (Å²) in [4.78, 5) is 8.91. The second-order valence-corrected chi connectivity index (χ2v) is 14.6. The summed E-state index contributed by atoms with van der Waals surface area (Å²) in [7, 11) is -3.12. The van der Waals surface area contributed by atoms with Crippen LogP contribution >= 0.6 is 0 Å². The van der Waals surface area contributed by atoms with Gasteiger partial charge in [-0.15, -0.1) is 0 Å². The first-order chi connectivity index (χ1) is 20.8. The van der Waals surface area contributed by atoms with E-state index in [2.05, 4.69) is 28.1 Å². The van der Waals surface area contributed by atoms with E-state index in [1.54, 1.807) is 49.1 Å². The summed E-state index contributed by atoms with van der Waals surface area (Å²) < 4.78 is 61.0. The molecule has 1 aromatic carbocycles. The summed E-state index contributed by atoms with van der Waals surface area (Å²) >= 11 is 0. The Morgan fingerprint density at radius 1 is 1.16 bits per heavy atom. The van der Waals surface area contributed by atoms with Crippen LogP contribution in [0, 0.1) is 28.9 Å². The van der Waals surface area contributed by atoms with Crippen molar-refractivity contribution in [1.29, 1.82) is 5.26 Å². The Kier molecular flexibility index (Phi) is 8.84. The van der Waals surface area contributed by atoms with E-state index in [9.17, 15) is 13.7 Å². The number of halogens is 2. The molecule has 4 atom stereocenters. The Morgan fingerprint density at radius 2 is 1.89 bits per heavy atom. The fourth-order valence-electron chi connectivity index (χ4n) is 6.03. The Balaban J connectivity index is 1.40. The van der Waals surface area contributed by atoms with Crippen molar-refractivity contribution in [2.24, 2.45) is 11.7 Å². The molecular weight excluding hydrogens is 586 g/mol. The molecule has 1 fully saturated rings. The molecule has 4 aromatic rings. The highest BCUT2D eigenvalue weighted by atomic mass is 32.2. The van der Waals surface area contributed by atoms with Gasteiger partial charge in [-0.1, -0.05) is 6.92 Å². The fourth-order valence-corrected chi connectivity index (χ4v) is 6.42. The molecule has 3 heterocycles. The number of fused-ring (bicyclic) bond motifs is 1. The number of aromatic nitrogens is 4. The van der Waals surface area contributed by atoms with Gasteiger partial charge in [0.15, 0.2) is 0 Å². The van der Waals surface area contributed by atoms with Crippen molar-refractivity contribution >= 4 is 15.4 Å². The van der Waals surface area contributed by atoms with E-state index in [1.807, 2.05) is 6.07 Å². The lowest BCUT2D eigenvalue weighted by atomic mass is 9.73. The molecule has 1 aliphatic carbocycles. The van der Waals surface area contributed by atoms with E-state index in [4.69, 9.17) is 10.5 Å². The zero-order valence-electron chi connectivity index (χ0n) is 25.2. The molecule has 0 unspecified atom stereocenters. The predicted molar refractivity (Wildman–Crippen MR) is 163 cm³/mol. The Bertz CT molecular complexity index is 1800. The third-order valence-corrected chi connectivity index (χ3v) is 9.35. The summed E-state index contributed by atoms with van der Waals surface area (Å²) in [6, 6.07) is 9.40. The molecule has 9 nitrogen and oxygen atoms in total. The molecule has 0 bridgehead atoms. The molecule has 0 saturated heterocycles. The number of hydrogen-bond donors (Lipinski definition) is 1. The van der Waals surface area contributed by atoms with Crippen LogP contribution in [0.1, 0.15) is 62.0 Å². The molecule has 44 heavy (non-hydrogen) atoms. The molecule has 232 valence electrons. The van der Waals surface area contributed by atoms with Crippen molar-refractivity contribution in [3.8, 4) is 17.3 Å². The van der Waals surface area contributed by atoms with Gasteiger partial charge in [-0.2, -0.15) is 10.4 Å². The SMILES string of the molecule is C[C@H]1C[C@@H](c2ccncc2Cc2ncc3ccc(-c4c(F)cc(C(C)(C)C#N)cc4F)nn23)C[C@@H](N)[C@H]1OCCS(C)(=O)=O. The van der Waals surface area contributed by atoms with Gasteiger partial charge in [0.1, 0.15) is 27.3 Å². The van der Waals surface area contributed by atoms with Gasteiger partial charge in [0, 0.05) is 31.1 Å². The van der Waals surface area contributed by atoms with Crippen LogP contribution in [-0.2, 0) is 26.4 Å². The lowest BCUT2D eigenvalue weighted by Gasteiger charge is -2.39. The predicted octanol–water partition coefficient (Wildman–Crippen LogP) is 4.73. The molecule has 0 aliphatic heterocycles. The smallest absolute Gasteiger partial charge is 0.149 e. The average molecular weight is 623 g/mol. The minimum atomic E-state index is -3.12. The van der Waals surface area contributed by atoms with Crippen molar-refractivity contribution in [1.82, 2.24) is 19.6 Å². The number of imidazole rings is 1. The van der Waals surface area contributed by atoms with Crippen LogP contribution in [0.2, 0.25) is 0 Å². The molecule has 0 amide bonds. The third kappa shape index (κ3) is 6.65. The van der Waals surface area contributed by atoms with E-state index in [0.29, 0.717) is 24.2 Å². The van der Waals surface area contributed by atoms with Crippen LogP contribution in [0.25, 0.3) is 16.8 Å². The molecule has 1 saturated carbocycles. The molecule has 5 rings (SSSR count). The molecule has 0 spiro atoms. The maximum absolute atomic E-state index is 15.2.